The number of fused-ring (bicyclic) bond motifs is 1. The third kappa shape index (κ3) is 4.31. The van der Waals surface area contributed by atoms with Crippen molar-refractivity contribution in [2.45, 2.75) is 11.8 Å². The maximum atomic E-state index is 13.0. The summed E-state index contributed by atoms with van der Waals surface area (Å²) in [6.45, 7) is 1.91. The minimum absolute atomic E-state index is 0.00923. The highest BCUT2D eigenvalue weighted by molar-refractivity contribution is 7.92. The predicted octanol–water partition coefficient (Wildman–Crippen LogP) is 4.36. The number of nitrogens with zero attached hydrogens (tertiary/aromatic N) is 3. The van der Waals surface area contributed by atoms with Crippen molar-refractivity contribution in [2.24, 2.45) is 0 Å². The maximum Gasteiger partial charge on any atom is 0.263 e. The van der Waals surface area contributed by atoms with Crippen LogP contribution in [0.15, 0.2) is 71.6 Å². The largest absolute Gasteiger partial charge is 0.497 e. The van der Waals surface area contributed by atoms with Crippen molar-refractivity contribution in [1.82, 2.24) is 9.97 Å². The number of sulfonamides is 1. The van der Waals surface area contributed by atoms with E-state index in [4.69, 9.17) is 10.00 Å². The van der Waals surface area contributed by atoms with Gasteiger partial charge in [0, 0.05) is 11.8 Å². The lowest BCUT2D eigenvalue weighted by Crippen LogP contribution is -2.16. The number of aryl methyl sites for hydroxylation is 1. The van der Waals surface area contributed by atoms with Crippen LogP contribution in [-0.4, -0.2) is 25.5 Å². The zero-order chi connectivity index (χ0) is 22.7. The fourth-order valence-corrected chi connectivity index (χ4v) is 4.05. The van der Waals surface area contributed by atoms with Crippen LogP contribution in [0.2, 0.25) is 0 Å². The first-order valence-corrected chi connectivity index (χ1v) is 11.1. The number of para-hydroxylation sites is 2. The molecule has 8 nitrogen and oxygen atoms in total. The van der Waals surface area contributed by atoms with Crippen LogP contribution in [0.5, 0.6) is 5.75 Å². The second-order valence-electron chi connectivity index (χ2n) is 6.96. The smallest absolute Gasteiger partial charge is 0.263 e. The molecule has 1 heterocycles. The molecule has 1 aromatic heterocycles. The number of aromatic nitrogens is 2. The molecule has 4 aromatic rings. The van der Waals surface area contributed by atoms with Crippen LogP contribution in [0.3, 0.4) is 0 Å². The van der Waals surface area contributed by atoms with Gasteiger partial charge in [-0.25, -0.2) is 18.4 Å². The third-order valence-electron chi connectivity index (χ3n) is 4.79. The van der Waals surface area contributed by atoms with E-state index < -0.39 is 10.0 Å². The topological polar surface area (TPSA) is 117 Å². The Hall–Kier alpha value is -4.16. The predicted molar refractivity (Wildman–Crippen MR) is 123 cm³/mol. The van der Waals surface area contributed by atoms with E-state index in [9.17, 15) is 8.42 Å². The molecule has 9 heteroatoms. The van der Waals surface area contributed by atoms with Gasteiger partial charge in [-0.1, -0.05) is 18.2 Å². The fourth-order valence-electron chi connectivity index (χ4n) is 3.04. The normalized spacial score (nSPS) is 11.0. The molecule has 0 spiro atoms. The van der Waals surface area contributed by atoms with Gasteiger partial charge in [-0.3, -0.25) is 4.72 Å². The average Bonchev–Trinajstić information content (AvgIpc) is 2.80. The van der Waals surface area contributed by atoms with Crippen LogP contribution in [0, 0.1) is 18.3 Å². The standard InChI is InChI=1S/C23H19N5O3S/c1-15-7-10-17(31-2)13-21(15)27-22-23(26-20-6-4-3-5-19(20)25-22)28-32(29,30)18-11-8-16(14-24)9-12-18/h3-13H,1-2H3,(H,25,27)(H,26,28). The van der Waals surface area contributed by atoms with Crippen molar-refractivity contribution < 1.29 is 13.2 Å². The van der Waals surface area contributed by atoms with Gasteiger partial charge in [0.05, 0.1) is 34.7 Å². The van der Waals surface area contributed by atoms with Gasteiger partial charge < -0.3 is 10.1 Å². The van der Waals surface area contributed by atoms with Crippen molar-refractivity contribution in [3.05, 3.63) is 77.9 Å². The quantitative estimate of drug-likeness (QED) is 0.453. The van der Waals surface area contributed by atoms with Crippen molar-refractivity contribution in [1.29, 1.82) is 5.26 Å². The van der Waals surface area contributed by atoms with Gasteiger partial charge in [0.2, 0.25) is 0 Å². The van der Waals surface area contributed by atoms with Crippen molar-refractivity contribution in [2.75, 3.05) is 17.1 Å². The van der Waals surface area contributed by atoms with Gasteiger partial charge in [0.15, 0.2) is 11.6 Å². The van der Waals surface area contributed by atoms with Crippen LogP contribution in [0.1, 0.15) is 11.1 Å². The van der Waals surface area contributed by atoms with Gasteiger partial charge in [0.1, 0.15) is 5.75 Å². The van der Waals surface area contributed by atoms with E-state index in [2.05, 4.69) is 20.0 Å². The molecule has 3 aromatic carbocycles. The van der Waals surface area contributed by atoms with Gasteiger partial charge in [-0.15, -0.1) is 0 Å². The zero-order valence-electron chi connectivity index (χ0n) is 17.3. The molecule has 0 aliphatic carbocycles. The second-order valence-corrected chi connectivity index (χ2v) is 8.64. The van der Waals surface area contributed by atoms with E-state index in [1.165, 1.54) is 24.3 Å². The number of methoxy groups -OCH3 is 1. The lowest BCUT2D eigenvalue weighted by atomic mass is 10.2. The number of anilines is 3. The third-order valence-corrected chi connectivity index (χ3v) is 6.15. The summed E-state index contributed by atoms with van der Waals surface area (Å²) in [5, 5.41) is 12.1. The van der Waals surface area contributed by atoms with Crippen molar-refractivity contribution >= 4 is 38.4 Å². The maximum absolute atomic E-state index is 13.0. The Morgan fingerprint density at radius 2 is 1.59 bits per heavy atom. The summed E-state index contributed by atoms with van der Waals surface area (Å²) in [5.41, 5.74) is 3.13. The number of rotatable bonds is 6. The fraction of sp³-hybridized carbons (Fsp3) is 0.0870. The van der Waals surface area contributed by atoms with Gasteiger partial charge in [0.25, 0.3) is 10.0 Å². The molecule has 160 valence electrons. The molecule has 0 saturated heterocycles. The zero-order valence-corrected chi connectivity index (χ0v) is 18.1. The van der Waals surface area contributed by atoms with Crippen LogP contribution >= 0.6 is 0 Å². The molecule has 0 saturated carbocycles. The molecule has 4 rings (SSSR count). The van der Waals surface area contributed by atoms with Crippen LogP contribution in [0.25, 0.3) is 11.0 Å². The molecular weight excluding hydrogens is 426 g/mol. The monoisotopic (exact) mass is 445 g/mol. The van der Waals surface area contributed by atoms with Crippen molar-refractivity contribution in [3.8, 4) is 11.8 Å². The Morgan fingerprint density at radius 3 is 2.22 bits per heavy atom. The van der Waals surface area contributed by atoms with Crippen LogP contribution < -0.4 is 14.8 Å². The van der Waals surface area contributed by atoms with Gasteiger partial charge in [-0.05, 0) is 55.0 Å². The van der Waals surface area contributed by atoms with Crippen LogP contribution in [-0.2, 0) is 10.0 Å². The highest BCUT2D eigenvalue weighted by Crippen LogP contribution is 2.30. The van der Waals surface area contributed by atoms with E-state index in [1.807, 2.05) is 31.2 Å². The molecular formula is C23H19N5O3S. The molecule has 2 N–H and O–H groups in total. The second kappa shape index (κ2) is 8.53. The SMILES string of the molecule is COc1ccc(C)c(Nc2nc3ccccc3nc2NS(=O)(=O)c2ccc(C#N)cc2)c1. The summed E-state index contributed by atoms with van der Waals surface area (Å²) in [4.78, 5) is 9.09. The number of nitriles is 1. The Labute approximate surface area is 185 Å². The van der Waals surface area contributed by atoms with Gasteiger partial charge in [-0.2, -0.15) is 5.26 Å². The Kier molecular flexibility index (Phi) is 5.62. The molecule has 0 radical (unpaired) electrons. The number of nitrogens with one attached hydrogen (secondary N) is 2. The van der Waals surface area contributed by atoms with Crippen molar-refractivity contribution in [3.63, 3.8) is 0 Å². The molecule has 0 bridgehead atoms. The van der Waals surface area contributed by atoms with E-state index in [0.29, 0.717) is 28.0 Å². The first kappa shape index (κ1) is 21.1. The highest BCUT2D eigenvalue weighted by atomic mass is 32.2. The Morgan fingerprint density at radius 1 is 0.938 bits per heavy atom. The van der Waals surface area contributed by atoms with E-state index in [1.54, 1.807) is 31.4 Å². The molecule has 0 fully saturated rings. The summed E-state index contributed by atoms with van der Waals surface area (Å²) >= 11 is 0. The first-order chi connectivity index (χ1) is 15.4. The number of hydrogen-bond donors (Lipinski definition) is 2. The number of hydrogen-bond acceptors (Lipinski definition) is 7. The molecule has 0 aliphatic heterocycles. The van der Waals surface area contributed by atoms with Gasteiger partial charge >= 0.3 is 0 Å². The summed E-state index contributed by atoms with van der Waals surface area (Å²) in [7, 11) is -2.40. The Balaban J connectivity index is 1.78. The summed E-state index contributed by atoms with van der Waals surface area (Å²) < 4.78 is 33.8. The average molecular weight is 446 g/mol. The molecule has 0 aliphatic rings. The van der Waals surface area contributed by atoms with Crippen LogP contribution in [0.4, 0.5) is 17.3 Å². The minimum Gasteiger partial charge on any atom is -0.497 e. The molecule has 0 amide bonds. The minimum atomic E-state index is -3.97. The summed E-state index contributed by atoms with van der Waals surface area (Å²) in [5.74, 6) is 0.944. The van der Waals surface area contributed by atoms with E-state index in [-0.39, 0.29) is 16.5 Å². The lowest BCUT2D eigenvalue weighted by molar-refractivity contribution is 0.415. The molecule has 32 heavy (non-hydrogen) atoms. The summed E-state index contributed by atoms with van der Waals surface area (Å²) in [6, 6.07) is 20.3. The molecule has 0 atom stereocenters. The molecule has 0 unspecified atom stereocenters. The highest BCUT2D eigenvalue weighted by Gasteiger charge is 2.19. The first-order valence-electron chi connectivity index (χ1n) is 9.61. The van der Waals surface area contributed by atoms with E-state index in [0.717, 1.165) is 5.56 Å². The number of ether oxygens (including phenoxy) is 1. The van der Waals surface area contributed by atoms with E-state index >= 15 is 0 Å². The summed E-state index contributed by atoms with van der Waals surface area (Å²) in [6.07, 6.45) is 0. The number of benzene rings is 3. The lowest BCUT2D eigenvalue weighted by Gasteiger charge is -2.15. The Bertz CT molecular complexity index is 1450.